The van der Waals surface area contributed by atoms with Crippen LogP contribution in [0.15, 0.2) is 48.5 Å². The third-order valence-corrected chi connectivity index (χ3v) is 3.97. The number of rotatable bonds is 4. The first-order chi connectivity index (χ1) is 9.38. The van der Waals surface area contributed by atoms with Gasteiger partial charge < -0.3 is 5.73 Å². The molecule has 0 aliphatic carbocycles. The molecule has 1 atom stereocenters. The van der Waals surface area contributed by atoms with Gasteiger partial charge in [0.2, 0.25) is 0 Å². The van der Waals surface area contributed by atoms with E-state index >= 15 is 0 Å². The lowest BCUT2D eigenvalue weighted by Crippen LogP contribution is -2.35. The summed E-state index contributed by atoms with van der Waals surface area (Å²) in [6.07, 6.45) is 0.813. The molecular formula is C18H22ClN. The highest BCUT2D eigenvalue weighted by Gasteiger charge is 2.21. The van der Waals surface area contributed by atoms with Crippen LogP contribution in [0, 0.1) is 0 Å². The highest BCUT2D eigenvalue weighted by atomic mass is 35.5. The summed E-state index contributed by atoms with van der Waals surface area (Å²) in [5.74, 6) is 0.560. The van der Waals surface area contributed by atoms with Crippen molar-refractivity contribution < 1.29 is 0 Å². The van der Waals surface area contributed by atoms with Crippen LogP contribution in [0.1, 0.15) is 43.4 Å². The Morgan fingerprint density at radius 2 is 1.55 bits per heavy atom. The average molecular weight is 288 g/mol. The Morgan fingerprint density at radius 3 is 2.05 bits per heavy atom. The first-order valence-electron chi connectivity index (χ1n) is 7.02. The van der Waals surface area contributed by atoms with Crippen LogP contribution in [0.5, 0.6) is 0 Å². The maximum Gasteiger partial charge on any atom is 0.0421 e. The molecule has 0 bridgehead atoms. The van der Waals surface area contributed by atoms with Gasteiger partial charge in [0.25, 0.3) is 0 Å². The van der Waals surface area contributed by atoms with Crippen molar-refractivity contribution in [3.05, 3.63) is 70.2 Å². The second-order valence-electron chi connectivity index (χ2n) is 6.00. The molecule has 0 heterocycles. The number of hydrogen-bond donors (Lipinski definition) is 1. The molecule has 106 valence electrons. The SMILES string of the molecule is CC(C)c1ccc(CC(C)(N)c2ccc(Cl)cc2)cc1. The van der Waals surface area contributed by atoms with Crippen LogP contribution in [-0.4, -0.2) is 0 Å². The molecule has 0 saturated carbocycles. The molecule has 0 saturated heterocycles. The third kappa shape index (κ3) is 3.62. The van der Waals surface area contributed by atoms with Gasteiger partial charge in [-0.25, -0.2) is 0 Å². The zero-order valence-corrected chi connectivity index (χ0v) is 13.1. The second kappa shape index (κ2) is 5.99. The Balaban J connectivity index is 2.17. The number of nitrogens with two attached hydrogens (primary N) is 1. The van der Waals surface area contributed by atoms with Gasteiger partial charge >= 0.3 is 0 Å². The van der Waals surface area contributed by atoms with Crippen LogP contribution in [0.3, 0.4) is 0 Å². The summed E-state index contributed by atoms with van der Waals surface area (Å²) in [5, 5.41) is 0.742. The first-order valence-corrected chi connectivity index (χ1v) is 7.40. The number of hydrogen-bond acceptors (Lipinski definition) is 1. The quantitative estimate of drug-likeness (QED) is 0.852. The van der Waals surface area contributed by atoms with Crippen LogP contribution >= 0.6 is 11.6 Å². The predicted molar refractivity (Wildman–Crippen MR) is 87.2 cm³/mol. The highest BCUT2D eigenvalue weighted by Crippen LogP contribution is 2.25. The lowest BCUT2D eigenvalue weighted by molar-refractivity contribution is 0.491. The van der Waals surface area contributed by atoms with Crippen LogP contribution in [0.2, 0.25) is 5.02 Å². The van der Waals surface area contributed by atoms with Crippen LogP contribution in [-0.2, 0) is 12.0 Å². The zero-order chi connectivity index (χ0) is 14.8. The average Bonchev–Trinajstić information content (AvgIpc) is 2.39. The largest absolute Gasteiger partial charge is 0.321 e. The molecule has 1 nitrogen and oxygen atoms in total. The molecule has 0 fully saturated rings. The Kier molecular flexibility index (Phi) is 4.52. The van der Waals surface area contributed by atoms with Crippen molar-refractivity contribution in [2.75, 3.05) is 0 Å². The Morgan fingerprint density at radius 1 is 1.00 bits per heavy atom. The minimum Gasteiger partial charge on any atom is -0.321 e. The summed E-state index contributed by atoms with van der Waals surface area (Å²) >= 11 is 5.93. The molecule has 2 heteroatoms. The minimum atomic E-state index is -0.385. The van der Waals surface area contributed by atoms with Crippen molar-refractivity contribution in [3.63, 3.8) is 0 Å². The maximum atomic E-state index is 6.47. The normalized spacial score (nSPS) is 14.3. The van der Waals surface area contributed by atoms with E-state index in [1.165, 1.54) is 11.1 Å². The Hall–Kier alpha value is -1.31. The van der Waals surface area contributed by atoms with Gasteiger partial charge in [0, 0.05) is 10.6 Å². The second-order valence-corrected chi connectivity index (χ2v) is 6.43. The molecule has 0 radical (unpaired) electrons. The molecule has 0 aliphatic heterocycles. The maximum absolute atomic E-state index is 6.47. The minimum absolute atomic E-state index is 0.385. The Bertz CT molecular complexity index is 553. The fraction of sp³-hybridized carbons (Fsp3) is 0.333. The van der Waals surface area contributed by atoms with Crippen molar-refractivity contribution in [3.8, 4) is 0 Å². The molecule has 1 unspecified atom stereocenters. The molecule has 2 rings (SSSR count). The molecule has 2 N–H and O–H groups in total. The smallest absolute Gasteiger partial charge is 0.0421 e. The molecular weight excluding hydrogens is 266 g/mol. The van der Waals surface area contributed by atoms with Gasteiger partial charge in [0.1, 0.15) is 0 Å². The monoisotopic (exact) mass is 287 g/mol. The van der Waals surface area contributed by atoms with E-state index < -0.39 is 0 Å². The van der Waals surface area contributed by atoms with Crippen molar-refractivity contribution >= 4 is 11.6 Å². The van der Waals surface area contributed by atoms with E-state index in [4.69, 9.17) is 17.3 Å². The summed E-state index contributed by atoms with van der Waals surface area (Å²) < 4.78 is 0. The Labute approximate surface area is 126 Å². The molecule has 0 aliphatic rings. The van der Waals surface area contributed by atoms with E-state index in [0.29, 0.717) is 5.92 Å². The van der Waals surface area contributed by atoms with E-state index in [9.17, 15) is 0 Å². The van der Waals surface area contributed by atoms with Crippen molar-refractivity contribution in [2.45, 2.75) is 38.6 Å². The molecule has 2 aromatic carbocycles. The molecule has 0 aromatic heterocycles. The fourth-order valence-corrected chi connectivity index (χ4v) is 2.50. The topological polar surface area (TPSA) is 26.0 Å². The van der Waals surface area contributed by atoms with Gasteiger partial charge in [-0.3, -0.25) is 0 Å². The summed E-state index contributed by atoms with van der Waals surface area (Å²) in [6.45, 7) is 6.47. The number of benzene rings is 2. The van der Waals surface area contributed by atoms with E-state index in [1.54, 1.807) is 0 Å². The summed E-state index contributed by atoms with van der Waals surface area (Å²) in [5.41, 5.74) is 9.82. The van der Waals surface area contributed by atoms with Crippen molar-refractivity contribution in [2.24, 2.45) is 5.73 Å². The van der Waals surface area contributed by atoms with Crippen LogP contribution < -0.4 is 5.73 Å². The fourth-order valence-electron chi connectivity index (χ4n) is 2.38. The molecule has 2 aromatic rings. The van der Waals surface area contributed by atoms with Crippen molar-refractivity contribution in [1.82, 2.24) is 0 Å². The van der Waals surface area contributed by atoms with E-state index in [1.807, 2.05) is 24.3 Å². The van der Waals surface area contributed by atoms with E-state index in [-0.39, 0.29) is 5.54 Å². The standard InChI is InChI=1S/C18H22ClN/c1-13(2)15-6-4-14(5-7-15)12-18(3,20)16-8-10-17(19)11-9-16/h4-11,13H,12,20H2,1-3H3. The van der Waals surface area contributed by atoms with Gasteiger partial charge in [0.15, 0.2) is 0 Å². The zero-order valence-electron chi connectivity index (χ0n) is 12.4. The summed E-state index contributed by atoms with van der Waals surface area (Å²) in [7, 11) is 0. The number of halogens is 1. The van der Waals surface area contributed by atoms with Crippen LogP contribution in [0.25, 0.3) is 0 Å². The lowest BCUT2D eigenvalue weighted by Gasteiger charge is -2.25. The van der Waals surface area contributed by atoms with Gasteiger partial charge in [0.05, 0.1) is 0 Å². The summed E-state index contributed by atoms with van der Waals surface area (Å²) in [4.78, 5) is 0. The van der Waals surface area contributed by atoms with Crippen molar-refractivity contribution in [1.29, 1.82) is 0 Å². The lowest BCUT2D eigenvalue weighted by atomic mass is 9.86. The van der Waals surface area contributed by atoms with Gasteiger partial charge in [-0.05, 0) is 48.1 Å². The third-order valence-electron chi connectivity index (χ3n) is 3.72. The first kappa shape index (κ1) is 15.1. The molecule has 0 amide bonds. The molecule has 20 heavy (non-hydrogen) atoms. The highest BCUT2D eigenvalue weighted by molar-refractivity contribution is 6.30. The van der Waals surface area contributed by atoms with E-state index in [0.717, 1.165) is 17.0 Å². The predicted octanol–water partition coefficient (Wildman–Crippen LogP) is 4.88. The summed E-state index contributed by atoms with van der Waals surface area (Å²) in [6, 6.07) is 16.5. The van der Waals surface area contributed by atoms with Gasteiger partial charge in [-0.2, -0.15) is 0 Å². The van der Waals surface area contributed by atoms with Gasteiger partial charge in [-0.15, -0.1) is 0 Å². The van der Waals surface area contributed by atoms with Gasteiger partial charge in [-0.1, -0.05) is 61.8 Å². The van der Waals surface area contributed by atoms with Crippen LogP contribution in [0.4, 0.5) is 0 Å². The molecule has 0 spiro atoms. The van der Waals surface area contributed by atoms with E-state index in [2.05, 4.69) is 45.0 Å².